The number of hydrogen-bond donors (Lipinski definition) is 2. The molecule has 0 unspecified atom stereocenters. The first-order valence-electron chi connectivity index (χ1n) is 6.19. The van der Waals surface area contributed by atoms with Gasteiger partial charge in [0.25, 0.3) is 5.91 Å². The van der Waals surface area contributed by atoms with Crippen molar-refractivity contribution in [2.24, 2.45) is 0 Å². The second-order valence-corrected chi connectivity index (χ2v) is 4.43. The summed E-state index contributed by atoms with van der Waals surface area (Å²) < 4.78 is 5.56. The van der Waals surface area contributed by atoms with Crippen LogP contribution in [0.3, 0.4) is 0 Å². The number of nitrogens with zero attached hydrogens (tertiary/aromatic N) is 3. The van der Waals surface area contributed by atoms with Crippen molar-refractivity contribution in [3.05, 3.63) is 35.7 Å². The van der Waals surface area contributed by atoms with E-state index >= 15 is 0 Å². The lowest BCUT2D eigenvalue weighted by Crippen LogP contribution is -2.31. The SMILES string of the molecule is Cc1ccc(OCCN(C)C(=O)c2nc(N)n[nH]2)cc1. The van der Waals surface area contributed by atoms with E-state index in [2.05, 4.69) is 15.2 Å². The molecule has 1 aromatic carbocycles. The predicted octanol–water partition coefficient (Wildman–Crippen LogP) is 0.846. The van der Waals surface area contributed by atoms with Gasteiger partial charge in [-0.05, 0) is 19.1 Å². The Morgan fingerprint density at radius 2 is 2.10 bits per heavy atom. The third-order valence-corrected chi connectivity index (χ3v) is 2.77. The lowest BCUT2D eigenvalue weighted by Gasteiger charge is -2.15. The number of likely N-dealkylation sites (N-methyl/N-ethyl adjacent to an activating group) is 1. The van der Waals surface area contributed by atoms with Crippen LogP contribution in [0, 0.1) is 6.92 Å². The summed E-state index contributed by atoms with van der Waals surface area (Å²) in [6, 6.07) is 7.74. The highest BCUT2D eigenvalue weighted by Gasteiger charge is 2.15. The fraction of sp³-hybridized carbons (Fsp3) is 0.308. The molecule has 3 N–H and O–H groups in total. The summed E-state index contributed by atoms with van der Waals surface area (Å²) in [4.78, 5) is 17.2. The molecule has 0 saturated carbocycles. The Morgan fingerprint density at radius 3 is 2.70 bits per heavy atom. The number of ether oxygens (including phenoxy) is 1. The fourth-order valence-corrected chi connectivity index (χ4v) is 1.59. The third kappa shape index (κ3) is 3.47. The minimum atomic E-state index is -0.276. The number of nitrogens with one attached hydrogen (secondary N) is 1. The number of H-pyrrole nitrogens is 1. The second-order valence-electron chi connectivity index (χ2n) is 4.43. The van der Waals surface area contributed by atoms with Crippen molar-refractivity contribution in [3.63, 3.8) is 0 Å². The van der Waals surface area contributed by atoms with Gasteiger partial charge in [0, 0.05) is 7.05 Å². The van der Waals surface area contributed by atoms with Crippen molar-refractivity contribution in [2.75, 3.05) is 25.9 Å². The summed E-state index contributed by atoms with van der Waals surface area (Å²) in [7, 11) is 1.67. The number of rotatable bonds is 5. The molecule has 0 radical (unpaired) electrons. The van der Waals surface area contributed by atoms with E-state index in [-0.39, 0.29) is 17.7 Å². The van der Waals surface area contributed by atoms with Crippen LogP contribution < -0.4 is 10.5 Å². The van der Waals surface area contributed by atoms with Crippen LogP contribution in [0.2, 0.25) is 0 Å². The van der Waals surface area contributed by atoms with Gasteiger partial charge in [-0.25, -0.2) is 0 Å². The third-order valence-electron chi connectivity index (χ3n) is 2.77. The first-order valence-corrected chi connectivity index (χ1v) is 6.19. The van der Waals surface area contributed by atoms with Crippen LogP contribution in [0.15, 0.2) is 24.3 Å². The quantitative estimate of drug-likeness (QED) is 0.843. The lowest BCUT2D eigenvalue weighted by atomic mass is 10.2. The van der Waals surface area contributed by atoms with E-state index in [9.17, 15) is 4.79 Å². The van der Waals surface area contributed by atoms with Crippen molar-refractivity contribution in [2.45, 2.75) is 6.92 Å². The maximum absolute atomic E-state index is 11.9. The minimum Gasteiger partial charge on any atom is -0.492 e. The van der Waals surface area contributed by atoms with E-state index < -0.39 is 0 Å². The zero-order chi connectivity index (χ0) is 14.5. The molecule has 1 heterocycles. The topological polar surface area (TPSA) is 97.1 Å². The molecule has 20 heavy (non-hydrogen) atoms. The van der Waals surface area contributed by atoms with Crippen molar-refractivity contribution in [1.29, 1.82) is 0 Å². The Labute approximate surface area is 116 Å². The number of nitrogens with two attached hydrogens (primary N) is 1. The normalized spacial score (nSPS) is 10.3. The molecule has 1 aromatic heterocycles. The van der Waals surface area contributed by atoms with Gasteiger partial charge < -0.3 is 15.4 Å². The van der Waals surface area contributed by atoms with Gasteiger partial charge in [-0.3, -0.25) is 9.89 Å². The molecule has 1 amide bonds. The number of amides is 1. The monoisotopic (exact) mass is 275 g/mol. The summed E-state index contributed by atoms with van der Waals surface area (Å²) in [6.45, 7) is 2.85. The molecule has 0 saturated heterocycles. The van der Waals surface area contributed by atoms with Crippen LogP contribution >= 0.6 is 0 Å². The maximum Gasteiger partial charge on any atom is 0.291 e. The van der Waals surface area contributed by atoms with E-state index in [0.717, 1.165) is 5.75 Å². The Hall–Kier alpha value is -2.57. The molecule has 0 aliphatic rings. The van der Waals surface area contributed by atoms with Gasteiger partial charge in [0.2, 0.25) is 11.8 Å². The molecular weight excluding hydrogens is 258 g/mol. The molecule has 0 fully saturated rings. The molecule has 2 aromatic rings. The Morgan fingerprint density at radius 1 is 1.40 bits per heavy atom. The summed E-state index contributed by atoms with van der Waals surface area (Å²) in [5, 5.41) is 6.10. The maximum atomic E-state index is 11.9. The summed E-state index contributed by atoms with van der Waals surface area (Å²) in [5.41, 5.74) is 6.53. The smallest absolute Gasteiger partial charge is 0.291 e. The second kappa shape index (κ2) is 6.05. The van der Waals surface area contributed by atoms with Gasteiger partial charge in [-0.2, -0.15) is 4.98 Å². The van der Waals surface area contributed by atoms with Crippen LogP contribution in [0.5, 0.6) is 5.75 Å². The molecule has 2 rings (SSSR count). The molecular formula is C13H17N5O2. The van der Waals surface area contributed by atoms with Crippen molar-refractivity contribution in [3.8, 4) is 5.75 Å². The van der Waals surface area contributed by atoms with E-state index in [1.54, 1.807) is 7.05 Å². The number of nitrogen functional groups attached to an aromatic ring is 1. The highest BCUT2D eigenvalue weighted by molar-refractivity contribution is 5.90. The molecule has 0 aliphatic carbocycles. The van der Waals surface area contributed by atoms with E-state index in [1.165, 1.54) is 10.5 Å². The van der Waals surface area contributed by atoms with Gasteiger partial charge in [0.05, 0.1) is 6.54 Å². The fourth-order valence-electron chi connectivity index (χ4n) is 1.59. The summed E-state index contributed by atoms with van der Waals surface area (Å²) in [5.74, 6) is 0.681. The number of aromatic amines is 1. The minimum absolute atomic E-state index is 0.0534. The predicted molar refractivity (Wildman–Crippen MR) is 74.4 cm³/mol. The number of carbonyl (C=O) groups is 1. The molecule has 0 aliphatic heterocycles. The van der Waals surface area contributed by atoms with Gasteiger partial charge in [0.15, 0.2) is 0 Å². The first kappa shape index (κ1) is 13.9. The van der Waals surface area contributed by atoms with Gasteiger partial charge >= 0.3 is 0 Å². The molecule has 0 spiro atoms. The highest BCUT2D eigenvalue weighted by atomic mass is 16.5. The van der Waals surface area contributed by atoms with Gasteiger partial charge in [-0.1, -0.05) is 17.7 Å². The average Bonchev–Trinajstić information content (AvgIpc) is 2.86. The van der Waals surface area contributed by atoms with E-state index in [0.29, 0.717) is 13.2 Å². The zero-order valence-electron chi connectivity index (χ0n) is 11.5. The van der Waals surface area contributed by atoms with Crippen molar-refractivity contribution < 1.29 is 9.53 Å². The average molecular weight is 275 g/mol. The number of anilines is 1. The molecule has 7 nitrogen and oxygen atoms in total. The van der Waals surface area contributed by atoms with Crippen LogP contribution in [0.25, 0.3) is 0 Å². The molecule has 106 valence electrons. The number of carbonyl (C=O) groups excluding carboxylic acids is 1. The highest BCUT2D eigenvalue weighted by Crippen LogP contribution is 2.11. The Bertz CT molecular complexity index is 579. The summed E-state index contributed by atoms with van der Waals surface area (Å²) >= 11 is 0. The molecule has 0 bridgehead atoms. The van der Waals surface area contributed by atoms with Crippen LogP contribution in [0.4, 0.5) is 5.95 Å². The Balaban J connectivity index is 1.81. The van der Waals surface area contributed by atoms with Gasteiger partial charge in [0.1, 0.15) is 12.4 Å². The van der Waals surface area contributed by atoms with Crippen LogP contribution in [-0.2, 0) is 0 Å². The number of aromatic nitrogens is 3. The van der Waals surface area contributed by atoms with E-state index in [1.807, 2.05) is 31.2 Å². The van der Waals surface area contributed by atoms with Crippen LogP contribution in [-0.4, -0.2) is 46.2 Å². The number of hydrogen-bond acceptors (Lipinski definition) is 5. The van der Waals surface area contributed by atoms with Gasteiger partial charge in [-0.15, -0.1) is 5.10 Å². The Kier molecular flexibility index (Phi) is 4.19. The summed E-state index contributed by atoms with van der Waals surface area (Å²) in [6.07, 6.45) is 0. The first-order chi connectivity index (χ1) is 9.56. The molecule has 0 atom stereocenters. The van der Waals surface area contributed by atoms with Crippen molar-refractivity contribution in [1.82, 2.24) is 20.1 Å². The number of aryl methyl sites for hydroxylation is 1. The number of benzene rings is 1. The molecule has 7 heteroatoms. The van der Waals surface area contributed by atoms with Crippen LogP contribution in [0.1, 0.15) is 16.2 Å². The lowest BCUT2D eigenvalue weighted by molar-refractivity contribution is 0.0762. The van der Waals surface area contributed by atoms with E-state index in [4.69, 9.17) is 10.5 Å². The van der Waals surface area contributed by atoms with Crippen molar-refractivity contribution >= 4 is 11.9 Å². The zero-order valence-corrected chi connectivity index (χ0v) is 11.5. The largest absolute Gasteiger partial charge is 0.492 e. The standard InChI is InChI=1S/C13H17N5O2/c1-9-3-5-10(6-4-9)20-8-7-18(2)12(19)11-15-13(14)17-16-11/h3-6H,7-8H2,1-2H3,(H3,14,15,16,17).